The Kier molecular flexibility index (Phi) is 5.07. The summed E-state index contributed by atoms with van der Waals surface area (Å²) in [7, 11) is 0. The second-order valence-electron chi connectivity index (χ2n) is 7.04. The van der Waals surface area contributed by atoms with Gasteiger partial charge in [-0.25, -0.2) is 9.18 Å². The van der Waals surface area contributed by atoms with Crippen LogP contribution in [0.5, 0.6) is 5.75 Å². The van der Waals surface area contributed by atoms with Gasteiger partial charge in [0.15, 0.2) is 5.82 Å². The van der Waals surface area contributed by atoms with Gasteiger partial charge in [-0.05, 0) is 48.9 Å². The quantitative estimate of drug-likeness (QED) is 0.470. The van der Waals surface area contributed by atoms with Gasteiger partial charge in [0.25, 0.3) is 11.8 Å². The number of carbonyl (C=O) groups excluding carboxylic acids is 2. The number of nitrogens with one attached hydrogen (secondary N) is 1. The highest BCUT2D eigenvalue weighted by molar-refractivity contribution is 6.07. The Hall–Kier alpha value is -3.96. The number of hydrogen-bond donors (Lipinski definition) is 1. The highest BCUT2D eigenvalue weighted by atomic mass is 19.4. The van der Waals surface area contributed by atoms with E-state index in [0.29, 0.717) is 5.56 Å². The van der Waals surface area contributed by atoms with Crippen molar-refractivity contribution in [3.63, 3.8) is 0 Å². The highest BCUT2D eigenvalue weighted by Crippen LogP contribution is 2.32. The van der Waals surface area contributed by atoms with Gasteiger partial charge in [-0.15, -0.1) is 13.2 Å². The summed E-state index contributed by atoms with van der Waals surface area (Å²) in [6, 6.07) is 9.16. The first-order chi connectivity index (χ1) is 15.0. The van der Waals surface area contributed by atoms with Gasteiger partial charge in [0.2, 0.25) is 0 Å². The Morgan fingerprint density at radius 3 is 2.38 bits per heavy atom. The Morgan fingerprint density at radius 2 is 1.75 bits per heavy atom. The molecule has 0 bridgehead atoms. The monoisotopic (exact) mass is 450 g/mol. The Balaban J connectivity index is 1.51. The van der Waals surface area contributed by atoms with Crippen LogP contribution in [0.1, 0.15) is 18.3 Å². The summed E-state index contributed by atoms with van der Waals surface area (Å²) in [6.07, 6.45) is -4.85. The van der Waals surface area contributed by atoms with Crippen molar-refractivity contribution in [1.82, 2.24) is 20.4 Å². The number of amides is 3. The average molecular weight is 450 g/mol. The molecule has 1 fully saturated rings. The third-order valence-electron chi connectivity index (χ3n) is 4.80. The number of rotatable bonds is 5. The standard InChI is InChI=1S/C20H14F4N4O4/c1-19(12-4-8-14(9-5-12)31-20(22,23)24)17(29)28(18(30)26-19)10-15-25-16(32-27-15)11-2-6-13(21)7-3-11/h2-9H,10H2,1H3,(H,26,30). The summed E-state index contributed by atoms with van der Waals surface area (Å²) in [5.41, 5.74) is -0.807. The van der Waals surface area contributed by atoms with Gasteiger partial charge in [0, 0.05) is 5.56 Å². The predicted octanol–water partition coefficient (Wildman–Crippen LogP) is 3.74. The van der Waals surface area contributed by atoms with E-state index in [9.17, 15) is 27.2 Å². The number of benzene rings is 2. The molecule has 1 aliphatic rings. The van der Waals surface area contributed by atoms with Gasteiger partial charge >= 0.3 is 12.4 Å². The van der Waals surface area contributed by atoms with E-state index in [1.807, 2.05) is 0 Å². The fraction of sp³-hybridized carbons (Fsp3) is 0.200. The molecule has 3 amide bonds. The van der Waals surface area contributed by atoms with Gasteiger partial charge in [0.1, 0.15) is 17.1 Å². The lowest BCUT2D eigenvalue weighted by atomic mass is 9.92. The molecule has 0 aliphatic carbocycles. The molecule has 3 aromatic rings. The molecule has 0 radical (unpaired) electrons. The minimum Gasteiger partial charge on any atom is -0.406 e. The molecule has 1 aromatic heterocycles. The van der Waals surface area contributed by atoms with Gasteiger partial charge in [-0.2, -0.15) is 4.98 Å². The smallest absolute Gasteiger partial charge is 0.406 e. The van der Waals surface area contributed by atoms with Crippen molar-refractivity contribution in [2.24, 2.45) is 0 Å². The van der Waals surface area contributed by atoms with Crippen molar-refractivity contribution >= 4 is 11.9 Å². The molecule has 2 heterocycles. The number of urea groups is 1. The normalized spacial score (nSPS) is 18.7. The van der Waals surface area contributed by atoms with Crippen molar-refractivity contribution in [3.05, 3.63) is 65.7 Å². The van der Waals surface area contributed by atoms with Crippen LogP contribution >= 0.6 is 0 Å². The number of halogens is 4. The first-order valence-corrected chi connectivity index (χ1v) is 9.14. The van der Waals surface area contributed by atoms with Crippen LogP contribution in [0, 0.1) is 5.82 Å². The van der Waals surface area contributed by atoms with E-state index < -0.39 is 35.4 Å². The van der Waals surface area contributed by atoms with Gasteiger partial charge in [-0.3, -0.25) is 9.69 Å². The van der Waals surface area contributed by atoms with Crippen LogP contribution in [0.2, 0.25) is 0 Å². The number of imide groups is 1. The van der Waals surface area contributed by atoms with E-state index >= 15 is 0 Å². The molecule has 166 valence electrons. The second-order valence-corrected chi connectivity index (χ2v) is 7.04. The summed E-state index contributed by atoms with van der Waals surface area (Å²) >= 11 is 0. The molecule has 0 saturated carbocycles. The number of alkyl halides is 3. The molecule has 4 rings (SSSR count). The predicted molar refractivity (Wildman–Crippen MR) is 99.3 cm³/mol. The largest absolute Gasteiger partial charge is 0.573 e. The van der Waals surface area contributed by atoms with Crippen molar-refractivity contribution in [2.75, 3.05) is 0 Å². The third-order valence-corrected chi connectivity index (χ3v) is 4.80. The number of nitrogens with zero attached hydrogens (tertiary/aromatic N) is 3. The molecule has 1 aliphatic heterocycles. The van der Waals surface area contributed by atoms with Crippen molar-refractivity contribution in [2.45, 2.75) is 25.4 Å². The zero-order valence-electron chi connectivity index (χ0n) is 16.3. The molecule has 1 unspecified atom stereocenters. The maximum absolute atomic E-state index is 13.1. The van der Waals surface area contributed by atoms with Crippen LogP contribution in [0.4, 0.5) is 22.4 Å². The van der Waals surface area contributed by atoms with E-state index in [0.717, 1.165) is 17.0 Å². The number of carbonyl (C=O) groups is 2. The van der Waals surface area contributed by atoms with Crippen LogP contribution in [-0.2, 0) is 16.9 Å². The molecule has 32 heavy (non-hydrogen) atoms. The molecule has 8 nitrogen and oxygen atoms in total. The van der Waals surface area contributed by atoms with Gasteiger partial charge in [-0.1, -0.05) is 17.3 Å². The maximum Gasteiger partial charge on any atom is 0.573 e. The summed E-state index contributed by atoms with van der Waals surface area (Å²) in [5.74, 6) is -1.44. The zero-order valence-corrected chi connectivity index (χ0v) is 16.3. The van der Waals surface area contributed by atoms with Crippen LogP contribution < -0.4 is 10.1 Å². The Bertz CT molecular complexity index is 1160. The van der Waals surface area contributed by atoms with E-state index in [4.69, 9.17) is 4.52 Å². The highest BCUT2D eigenvalue weighted by Gasteiger charge is 2.49. The lowest BCUT2D eigenvalue weighted by molar-refractivity contribution is -0.274. The van der Waals surface area contributed by atoms with E-state index in [2.05, 4.69) is 20.2 Å². The number of hydrogen-bond acceptors (Lipinski definition) is 6. The molecular formula is C20H14F4N4O4. The SMILES string of the molecule is CC1(c2ccc(OC(F)(F)F)cc2)NC(=O)N(Cc2noc(-c3ccc(F)cc3)n2)C1=O. The van der Waals surface area contributed by atoms with E-state index in [1.165, 1.54) is 43.3 Å². The summed E-state index contributed by atoms with van der Waals surface area (Å²) in [5, 5.41) is 6.26. The Morgan fingerprint density at radius 1 is 1.09 bits per heavy atom. The van der Waals surface area contributed by atoms with E-state index in [1.54, 1.807) is 0 Å². The molecule has 12 heteroatoms. The second kappa shape index (κ2) is 7.62. The molecule has 1 saturated heterocycles. The van der Waals surface area contributed by atoms with Crippen molar-refractivity contribution < 1.29 is 36.4 Å². The average Bonchev–Trinajstić information content (AvgIpc) is 3.27. The number of ether oxygens (including phenoxy) is 1. The molecule has 1 atom stereocenters. The Labute approximate surface area is 177 Å². The van der Waals surface area contributed by atoms with Crippen molar-refractivity contribution in [1.29, 1.82) is 0 Å². The van der Waals surface area contributed by atoms with Crippen LogP contribution in [0.3, 0.4) is 0 Å². The van der Waals surface area contributed by atoms with E-state index in [-0.39, 0.29) is 23.8 Å². The summed E-state index contributed by atoms with van der Waals surface area (Å²) in [4.78, 5) is 30.4. The number of aromatic nitrogens is 2. The molecule has 0 spiro atoms. The van der Waals surface area contributed by atoms with Gasteiger partial charge in [0.05, 0.1) is 6.54 Å². The fourth-order valence-electron chi connectivity index (χ4n) is 3.20. The van der Waals surface area contributed by atoms with Crippen LogP contribution in [-0.4, -0.2) is 33.3 Å². The van der Waals surface area contributed by atoms with Crippen LogP contribution in [0.15, 0.2) is 53.1 Å². The molecular weight excluding hydrogens is 436 g/mol. The molecule has 1 N–H and O–H groups in total. The molecule has 2 aromatic carbocycles. The minimum absolute atomic E-state index is 0.0333. The summed E-state index contributed by atoms with van der Waals surface area (Å²) in [6.45, 7) is 1.12. The lowest BCUT2D eigenvalue weighted by Gasteiger charge is -2.22. The first kappa shape index (κ1) is 21.3. The third kappa shape index (κ3) is 4.11. The topological polar surface area (TPSA) is 97.6 Å². The lowest BCUT2D eigenvalue weighted by Crippen LogP contribution is -2.40. The summed E-state index contributed by atoms with van der Waals surface area (Å²) < 4.78 is 59.0. The first-order valence-electron chi connectivity index (χ1n) is 9.14. The zero-order chi connectivity index (χ0) is 23.1. The maximum atomic E-state index is 13.1. The van der Waals surface area contributed by atoms with Gasteiger partial charge < -0.3 is 14.6 Å². The fourth-order valence-corrected chi connectivity index (χ4v) is 3.20. The van der Waals surface area contributed by atoms with Crippen molar-refractivity contribution in [3.8, 4) is 17.2 Å². The minimum atomic E-state index is -4.85. The van der Waals surface area contributed by atoms with Crippen LogP contribution in [0.25, 0.3) is 11.5 Å².